The highest BCUT2D eigenvalue weighted by atomic mass is 16.5. The molecule has 1 aliphatic heterocycles. The molecule has 1 N–H and O–H groups in total. The topological polar surface area (TPSA) is 32.7 Å². The van der Waals surface area contributed by atoms with Gasteiger partial charge in [-0.15, -0.1) is 0 Å². The molecule has 134 valence electrons. The Morgan fingerprint density at radius 2 is 1.64 bits per heavy atom. The summed E-state index contributed by atoms with van der Waals surface area (Å²) < 4.78 is 5.97. The van der Waals surface area contributed by atoms with Gasteiger partial charge in [-0.05, 0) is 29.9 Å². The molecule has 0 spiro atoms. The van der Waals surface area contributed by atoms with Gasteiger partial charge in [0.25, 0.3) is 0 Å². The van der Waals surface area contributed by atoms with Crippen molar-refractivity contribution in [3.8, 4) is 16.9 Å². The zero-order valence-electron chi connectivity index (χ0n) is 15.3. The molecule has 1 saturated heterocycles. The predicted octanol–water partition coefficient (Wildman–Crippen LogP) is 4.07. The number of piperidine rings is 1. The summed E-state index contributed by atoms with van der Waals surface area (Å²) in [6.07, 6.45) is 0.814. The lowest BCUT2D eigenvalue weighted by molar-refractivity contribution is 0.0430. The Balaban J connectivity index is 1.58. The van der Waals surface area contributed by atoms with Crippen LogP contribution in [0, 0.1) is 11.8 Å². The highest BCUT2D eigenvalue weighted by Gasteiger charge is 2.23. The fourth-order valence-corrected chi connectivity index (χ4v) is 3.93. The summed E-state index contributed by atoms with van der Waals surface area (Å²) in [6.45, 7) is 7.73. The smallest absolute Gasteiger partial charge is 0.127 e. The van der Waals surface area contributed by atoms with Crippen molar-refractivity contribution in [1.29, 1.82) is 0 Å². The lowest BCUT2D eigenvalue weighted by Gasteiger charge is -2.35. The van der Waals surface area contributed by atoms with Crippen LogP contribution in [0.2, 0.25) is 0 Å². The van der Waals surface area contributed by atoms with Crippen LogP contribution < -0.4 is 4.74 Å². The van der Waals surface area contributed by atoms with Crippen LogP contribution in [0.25, 0.3) is 11.1 Å². The molecular weight excluding hydrogens is 310 g/mol. The molecule has 0 saturated carbocycles. The number of rotatable bonds is 6. The molecule has 0 radical (unpaired) electrons. The molecule has 25 heavy (non-hydrogen) atoms. The maximum atomic E-state index is 10.4. The monoisotopic (exact) mass is 339 g/mol. The summed E-state index contributed by atoms with van der Waals surface area (Å²) >= 11 is 0. The van der Waals surface area contributed by atoms with Gasteiger partial charge in [-0.1, -0.05) is 62.4 Å². The van der Waals surface area contributed by atoms with Crippen LogP contribution in [0.15, 0.2) is 54.6 Å². The van der Waals surface area contributed by atoms with Crippen LogP contribution >= 0.6 is 0 Å². The van der Waals surface area contributed by atoms with Crippen LogP contribution in [0.3, 0.4) is 0 Å². The van der Waals surface area contributed by atoms with Crippen molar-refractivity contribution < 1.29 is 9.84 Å². The largest absolute Gasteiger partial charge is 0.490 e. The summed E-state index contributed by atoms with van der Waals surface area (Å²) in [6, 6.07) is 18.2. The number of aliphatic hydroxyl groups excluding tert-OH is 1. The molecule has 3 atom stereocenters. The average Bonchev–Trinajstić information content (AvgIpc) is 2.60. The van der Waals surface area contributed by atoms with E-state index in [0.29, 0.717) is 25.0 Å². The molecule has 3 heteroatoms. The molecule has 1 fully saturated rings. The Morgan fingerprint density at radius 3 is 2.36 bits per heavy atom. The molecule has 1 aliphatic rings. The van der Waals surface area contributed by atoms with Gasteiger partial charge in [-0.2, -0.15) is 0 Å². The Morgan fingerprint density at radius 1 is 1.00 bits per heavy atom. The highest BCUT2D eigenvalue weighted by Crippen LogP contribution is 2.29. The molecule has 2 aromatic carbocycles. The van der Waals surface area contributed by atoms with Gasteiger partial charge < -0.3 is 14.7 Å². The summed E-state index contributed by atoms with van der Waals surface area (Å²) in [5, 5.41) is 10.4. The van der Waals surface area contributed by atoms with Gasteiger partial charge in [-0.3, -0.25) is 0 Å². The zero-order chi connectivity index (χ0) is 17.6. The second-order valence-corrected chi connectivity index (χ2v) is 7.49. The number of para-hydroxylation sites is 1. The SMILES string of the molecule is C[C@@H]1C[C@@H](C)CN(C[C@H](O)COc2ccccc2-c2ccccc2)C1. The van der Waals surface area contributed by atoms with Gasteiger partial charge in [0.05, 0.1) is 0 Å². The number of hydrogen-bond donors (Lipinski definition) is 1. The number of benzene rings is 2. The standard InChI is InChI=1S/C22H29NO2/c1-17-12-18(2)14-23(13-17)15-20(24)16-25-22-11-7-6-10-21(22)19-8-4-3-5-9-19/h3-11,17-18,20,24H,12-16H2,1-2H3/t17-,18-,20+/m1/s1. The van der Waals surface area contributed by atoms with E-state index in [1.165, 1.54) is 6.42 Å². The number of hydrogen-bond acceptors (Lipinski definition) is 3. The Labute approximate surface area is 151 Å². The van der Waals surface area contributed by atoms with Crippen molar-refractivity contribution in [1.82, 2.24) is 4.90 Å². The number of ether oxygens (including phenoxy) is 1. The van der Waals surface area contributed by atoms with Crippen LogP contribution in [0.5, 0.6) is 5.75 Å². The lowest BCUT2D eigenvalue weighted by Crippen LogP contribution is -2.44. The lowest BCUT2D eigenvalue weighted by atomic mass is 9.92. The second-order valence-electron chi connectivity index (χ2n) is 7.49. The van der Waals surface area contributed by atoms with Crippen LogP contribution in [0.1, 0.15) is 20.3 Å². The summed E-state index contributed by atoms with van der Waals surface area (Å²) in [5.41, 5.74) is 2.20. The maximum Gasteiger partial charge on any atom is 0.127 e. The molecule has 0 bridgehead atoms. The third-order valence-corrected chi connectivity index (χ3v) is 4.82. The van der Waals surface area contributed by atoms with E-state index in [1.54, 1.807) is 0 Å². The van der Waals surface area contributed by atoms with E-state index in [-0.39, 0.29) is 0 Å². The second kappa shape index (κ2) is 8.50. The molecule has 0 amide bonds. The van der Waals surface area contributed by atoms with Crippen molar-refractivity contribution in [3.63, 3.8) is 0 Å². The summed E-state index contributed by atoms with van der Waals surface area (Å²) in [4.78, 5) is 2.37. The van der Waals surface area contributed by atoms with Crippen molar-refractivity contribution in [3.05, 3.63) is 54.6 Å². The Kier molecular flexibility index (Phi) is 6.11. The van der Waals surface area contributed by atoms with Crippen molar-refractivity contribution in [2.75, 3.05) is 26.2 Å². The molecule has 3 rings (SSSR count). The molecule has 2 aromatic rings. The quantitative estimate of drug-likeness (QED) is 0.861. The summed E-state index contributed by atoms with van der Waals surface area (Å²) in [7, 11) is 0. The minimum atomic E-state index is -0.471. The van der Waals surface area contributed by atoms with E-state index in [9.17, 15) is 5.11 Å². The third kappa shape index (κ3) is 5.07. The predicted molar refractivity (Wildman–Crippen MR) is 103 cm³/mol. The minimum absolute atomic E-state index is 0.323. The van der Waals surface area contributed by atoms with E-state index in [4.69, 9.17) is 4.74 Å². The molecule has 0 unspecified atom stereocenters. The normalized spacial score (nSPS) is 22.5. The fourth-order valence-electron chi connectivity index (χ4n) is 3.93. The minimum Gasteiger partial charge on any atom is -0.490 e. The number of likely N-dealkylation sites (tertiary alicyclic amines) is 1. The molecule has 0 aromatic heterocycles. The maximum absolute atomic E-state index is 10.4. The van der Waals surface area contributed by atoms with Crippen LogP contribution in [-0.4, -0.2) is 42.4 Å². The number of aliphatic hydroxyl groups is 1. The highest BCUT2D eigenvalue weighted by molar-refractivity contribution is 5.70. The van der Waals surface area contributed by atoms with Crippen molar-refractivity contribution in [2.45, 2.75) is 26.4 Å². The van der Waals surface area contributed by atoms with E-state index in [1.807, 2.05) is 36.4 Å². The first kappa shape index (κ1) is 18.0. The van der Waals surface area contributed by atoms with Gasteiger partial charge in [0, 0.05) is 25.2 Å². The van der Waals surface area contributed by atoms with Crippen molar-refractivity contribution >= 4 is 0 Å². The molecule has 3 nitrogen and oxygen atoms in total. The third-order valence-electron chi connectivity index (χ3n) is 4.82. The average molecular weight is 339 g/mol. The summed E-state index contributed by atoms with van der Waals surface area (Å²) in [5.74, 6) is 2.24. The Bertz CT molecular complexity index is 648. The van der Waals surface area contributed by atoms with Gasteiger partial charge in [-0.25, -0.2) is 0 Å². The van der Waals surface area contributed by atoms with E-state index < -0.39 is 6.10 Å². The van der Waals surface area contributed by atoms with Gasteiger partial charge in [0.15, 0.2) is 0 Å². The van der Waals surface area contributed by atoms with Gasteiger partial charge in [0.2, 0.25) is 0 Å². The van der Waals surface area contributed by atoms with Gasteiger partial charge in [0.1, 0.15) is 18.5 Å². The van der Waals surface area contributed by atoms with Crippen molar-refractivity contribution in [2.24, 2.45) is 11.8 Å². The Hall–Kier alpha value is -1.84. The first-order valence-corrected chi connectivity index (χ1v) is 9.29. The molecule has 1 heterocycles. The van der Waals surface area contributed by atoms with E-state index in [2.05, 4.69) is 36.9 Å². The zero-order valence-corrected chi connectivity index (χ0v) is 15.3. The first-order chi connectivity index (χ1) is 12.1. The van der Waals surface area contributed by atoms with Crippen LogP contribution in [0.4, 0.5) is 0 Å². The van der Waals surface area contributed by atoms with E-state index >= 15 is 0 Å². The molecule has 0 aliphatic carbocycles. The fraction of sp³-hybridized carbons (Fsp3) is 0.455. The number of β-amino-alcohol motifs (C(OH)–C–C–N with tert-alkyl or cyclic N) is 1. The van der Waals surface area contributed by atoms with Gasteiger partial charge >= 0.3 is 0 Å². The first-order valence-electron chi connectivity index (χ1n) is 9.29. The molecular formula is C22H29NO2. The van der Waals surface area contributed by atoms with Crippen LogP contribution in [-0.2, 0) is 0 Å². The van der Waals surface area contributed by atoms with E-state index in [0.717, 1.165) is 30.0 Å². The number of nitrogens with zero attached hydrogens (tertiary/aromatic N) is 1.